The fourth-order valence-corrected chi connectivity index (χ4v) is 11.5. The van der Waals surface area contributed by atoms with Gasteiger partial charge >= 0.3 is 24.1 Å². The number of amides is 6. The van der Waals surface area contributed by atoms with Crippen LogP contribution in [0.1, 0.15) is 126 Å². The van der Waals surface area contributed by atoms with Gasteiger partial charge in [0.25, 0.3) is 17.7 Å². The predicted molar refractivity (Wildman–Crippen MR) is 352 cm³/mol. The van der Waals surface area contributed by atoms with E-state index in [4.69, 9.17) is 42.1 Å². The monoisotopic (exact) mass is 1280 g/mol. The maximum Gasteiger partial charge on any atom is 0.422 e. The van der Waals surface area contributed by atoms with Gasteiger partial charge in [0.2, 0.25) is 11.9 Å². The Morgan fingerprint density at radius 1 is 0.663 bits per heavy atom. The van der Waals surface area contributed by atoms with Crippen molar-refractivity contribution in [1.29, 1.82) is 0 Å². The van der Waals surface area contributed by atoms with Crippen LogP contribution in [0.25, 0.3) is 27.8 Å². The molecule has 3 unspecified atom stereocenters. The summed E-state index contributed by atoms with van der Waals surface area (Å²) in [6.07, 6.45) is -0.440. The number of anilines is 3. The number of carbonyl (C=O) groups is 9. The van der Waals surface area contributed by atoms with Crippen LogP contribution in [0.15, 0.2) is 146 Å². The lowest BCUT2D eigenvalue weighted by molar-refractivity contribution is -0.123. The number of nitrogens with one attached hydrogen (secondary N) is 1. The number of hydrogen-bond acceptors (Lipinski definition) is 13. The third-order valence-corrected chi connectivity index (χ3v) is 17.8. The van der Waals surface area contributed by atoms with E-state index in [9.17, 15) is 43.2 Å². The number of likely N-dealkylation sites (N-methyl/N-ethyl adjacent to an activating group) is 1. The van der Waals surface area contributed by atoms with Crippen LogP contribution in [0, 0.1) is 6.92 Å². The predicted octanol–water partition coefficient (Wildman–Crippen LogP) is 14.1. The molecule has 0 aliphatic carbocycles. The molecule has 4 heterocycles. The topological polar surface area (TPSA) is 222 Å². The lowest BCUT2D eigenvalue weighted by Gasteiger charge is -2.31. The minimum Gasteiger partial charge on any atom is -0.480 e. The quantitative estimate of drug-likeness (QED) is 0.0262. The second kappa shape index (κ2) is 26.9. The van der Waals surface area contributed by atoms with E-state index in [0.717, 1.165) is 53.5 Å². The highest BCUT2D eigenvalue weighted by atomic mass is 35.5. The molecule has 2 saturated heterocycles. The van der Waals surface area contributed by atoms with Crippen molar-refractivity contribution >= 4 is 105 Å². The molecule has 2 aliphatic rings. The van der Waals surface area contributed by atoms with Crippen LogP contribution in [-0.2, 0) is 46.5 Å². The number of carbonyl (C=O) groups excluding carboxylic acids is 9. The van der Waals surface area contributed by atoms with Gasteiger partial charge in [-0.05, 0) is 108 Å². The molecular weight excluding hydrogens is 1220 g/mol. The van der Waals surface area contributed by atoms with Crippen LogP contribution >= 0.6 is 23.2 Å². The van der Waals surface area contributed by atoms with Crippen LogP contribution in [0.3, 0.4) is 0 Å². The molecule has 92 heavy (non-hydrogen) atoms. The highest BCUT2D eigenvalue weighted by molar-refractivity contribution is 6.39. The Labute approximate surface area is 542 Å². The minimum atomic E-state index is -1.94. The van der Waals surface area contributed by atoms with E-state index in [2.05, 4.69) is 59.0 Å². The highest BCUT2D eigenvalue weighted by Gasteiger charge is 2.51. The number of benzene rings is 6. The lowest BCUT2D eigenvalue weighted by atomic mass is 9.76. The SMILES string of the molecule is CCC(Oc1ccc(C(C)(C)CC)cc1C(C)(C)CC)C(=O)Nc1ccc(Cl)c(N2C(=O)C(C(=O)c3c(-c4ccccc4)n(C)c4ccccc34)N(C)C2=O)c1.COC(=O)c1cn(-c2ccccc2)c(C(=O)C2OC(=O)N(c3cc(C)ccc3Cl)C2=O)c1C(=O)OC. The Bertz CT molecular complexity index is 4270. The smallest absolute Gasteiger partial charge is 0.422 e. The molecule has 10 rings (SSSR count). The molecule has 2 fully saturated rings. The fourth-order valence-electron chi connectivity index (χ4n) is 11.1. The van der Waals surface area contributed by atoms with E-state index in [1.807, 2.05) is 79.2 Å². The average Bonchev–Trinajstić information content (AvgIpc) is 1.60. The number of methoxy groups -OCH3 is 2. The molecule has 3 atom stereocenters. The van der Waals surface area contributed by atoms with Crippen LogP contribution < -0.4 is 19.9 Å². The number of imide groups is 2. The van der Waals surface area contributed by atoms with E-state index >= 15 is 0 Å². The molecule has 0 radical (unpaired) electrons. The number of fused-ring (bicyclic) bond motifs is 1. The second-order valence-electron chi connectivity index (χ2n) is 23.6. The molecule has 2 aliphatic heterocycles. The number of urea groups is 1. The summed E-state index contributed by atoms with van der Waals surface area (Å²) in [5.74, 6) is -4.98. The van der Waals surface area contributed by atoms with Gasteiger partial charge in [0.15, 0.2) is 17.9 Å². The van der Waals surface area contributed by atoms with E-state index < -0.39 is 82.9 Å². The van der Waals surface area contributed by atoms with Crippen molar-refractivity contribution in [2.75, 3.05) is 36.4 Å². The fraction of sp³-hybridized carbons (Fsp3) is 0.282. The number of cyclic esters (lactones) is 1. The first kappa shape index (κ1) is 66.6. The lowest BCUT2D eigenvalue weighted by Crippen LogP contribution is -2.39. The van der Waals surface area contributed by atoms with Crippen molar-refractivity contribution in [1.82, 2.24) is 14.0 Å². The first-order chi connectivity index (χ1) is 43.7. The third-order valence-electron chi connectivity index (χ3n) is 17.1. The summed E-state index contributed by atoms with van der Waals surface area (Å²) >= 11 is 12.9. The van der Waals surface area contributed by atoms with Crippen LogP contribution in [0.5, 0.6) is 5.75 Å². The maximum atomic E-state index is 14.6. The van der Waals surface area contributed by atoms with Crippen LogP contribution in [0.4, 0.5) is 26.7 Å². The number of Topliss-reactive ketones (excluding diaryl/α,β-unsaturated/α-hetero) is 2. The number of hydrogen-bond donors (Lipinski definition) is 1. The van der Waals surface area contributed by atoms with Crippen molar-refractivity contribution in [2.24, 2.45) is 7.05 Å². The Kier molecular flexibility index (Phi) is 19.5. The number of rotatable bonds is 19. The van der Waals surface area contributed by atoms with Gasteiger partial charge in [-0.1, -0.05) is 157 Å². The number of ether oxygens (including phenoxy) is 4. The number of nitrogens with zero attached hydrogens (tertiary/aromatic N) is 5. The Morgan fingerprint density at radius 3 is 1.90 bits per heavy atom. The summed E-state index contributed by atoms with van der Waals surface area (Å²) in [5, 5.41) is 3.78. The summed E-state index contributed by atoms with van der Waals surface area (Å²) in [6.45, 7) is 16.7. The number of esters is 2. The number of aromatic nitrogens is 2. The molecule has 6 aromatic carbocycles. The summed E-state index contributed by atoms with van der Waals surface area (Å²) in [6, 6.07) is 38.6. The molecule has 6 amide bonds. The third kappa shape index (κ3) is 12.5. The standard InChI is InChI=1S/C46H51ClN4O5.C25H19ClN2O8/c1-10-36(56-37-25-22-29(45(4,5)11-2)26-32(37)46(6,7)12-3)42(53)48-30-23-24-33(47)35(27-30)51-43(54)40(50(9)44(51)55)41(52)38-31-20-16-17-21-34(31)49(8)39(38)28-18-14-13-15-19-28;1-13-9-10-16(26)17(11-13)28-22(30)21(36-25(28)33)20(29)19-18(24(32)35-3)15(23(31)34-2)12-27(19)14-7-5-4-6-8-14/h13-27,36,40H,10-12H2,1-9H3,(H,48,53);4-12,21H,1-3H3. The van der Waals surface area contributed by atoms with Gasteiger partial charge in [-0.25, -0.2) is 29.0 Å². The normalized spacial score (nSPS) is 15.3. The maximum absolute atomic E-state index is 14.6. The van der Waals surface area contributed by atoms with Crippen molar-refractivity contribution in [3.05, 3.63) is 195 Å². The van der Waals surface area contributed by atoms with Crippen molar-refractivity contribution in [3.8, 4) is 22.7 Å². The molecule has 19 nitrogen and oxygen atoms in total. The molecule has 476 valence electrons. The number of ketones is 2. The Balaban J connectivity index is 0.000000239. The zero-order valence-electron chi connectivity index (χ0n) is 53.0. The second-order valence-corrected chi connectivity index (χ2v) is 24.4. The summed E-state index contributed by atoms with van der Waals surface area (Å²) in [7, 11) is 5.49. The number of para-hydroxylation sites is 2. The van der Waals surface area contributed by atoms with E-state index in [0.29, 0.717) is 50.7 Å². The largest absolute Gasteiger partial charge is 0.480 e. The van der Waals surface area contributed by atoms with Gasteiger partial charge in [0, 0.05) is 48.1 Å². The zero-order valence-corrected chi connectivity index (χ0v) is 54.5. The average molecular weight is 1290 g/mol. The van der Waals surface area contributed by atoms with Gasteiger partial charge in [0.1, 0.15) is 17.0 Å². The van der Waals surface area contributed by atoms with E-state index in [1.54, 1.807) is 49.4 Å². The molecule has 8 aromatic rings. The number of aryl methyl sites for hydroxylation is 2. The summed E-state index contributed by atoms with van der Waals surface area (Å²) < 4.78 is 24.4. The van der Waals surface area contributed by atoms with Gasteiger partial charge in [-0.2, -0.15) is 0 Å². The van der Waals surface area contributed by atoms with Gasteiger partial charge < -0.3 is 38.3 Å². The molecule has 1 N–H and O–H groups in total. The number of halogens is 2. The van der Waals surface area contributed by atoms with Crippen molar-refractivity contribution < 1.29 is 62.1 Å². The molecule has 2 aromatic heterocycles. The van der Waals surface area contributed by atoms with Crippen molar-refractivity contribution in [2.45, 2.75) is 104 Å². The first-order valence-corrected chi connectivity index (χ1v) is 30.5. The highest BCUT2D eigenvalue weighted by Crippen LogP contribution is 2.42. The molecular formula is C71H70Cl2N6O13. The van der Waals surface area contributed by atoms with E-state index in [-0.39, 0.29) is 37.8 Å². The summed E-state index contributed by atoms with van der Waals surface area (Å²) in [4.78, 5) is 124. The first-order valence-electron chi connectivity index (χ1n) is 29.8. The molecule has 0 bridgehead atoms. The van der Waals surface area contributed by atoms with Crippen molar-refractivity contribution in [3.63, 3.8) is 0 Å². The summed E-state index contributed by atoms with van der Waals surface area (Å²) in [5.41, 5.74) is 5.04. The minimum absolute atomic E-state index is 0.0217. The Morgan fingerprint density at radius 2 is 1.27 bits per heavy atom. The molecule has 0 spiro atoms. The zero-order chi connectivity index (χ0) is 66.8. The van der Waals surface area contributed by atoms with Gasteiger partial charge in [-0.15, -0.1) is 0 Å². The molecule has 21 heteroatoms. The van der Waals surface area contributed by atoms with Gasteiger partial charge in [-0.3, -0.25) is 24.0 Å². The van der Waals surface area contributed by atoms with E-state index in [1.165, 1.54) is 47.6 Å². The van der Waals surface area contributed by atoms with Crippen LogP contribution in [-0.4, -0.2) is 107 Å². The Hall–Kier alpha value is -9.85. The van der Waals surface area contributed by atoms with Crippen LogP contribution in [0.2, 0.25) is 10.0 Å². The molecule has 0 saturated carbocycles. The van der Waals surface area contributed by atoms with Gasteiger partial charge in [0.05, 0.1) is 52.5 Å².